The van der Waals surface area contributed by atoms with E-state index in [0.717, 1.165) is 18.2 Å². The van der Waals surface area contributed by atoms with Gasteiger partial charge in [0.25, 0.3) is 0 Å². The van der Waals surface area contributed by atoms with Gasteiger partial charge in [0.15, 0.2) is 15.4 Å². The first kappa shape index (κ1) is 14.7. The van der Waals surface area contributed by atoms with Gasteiger partial charge in [-0.1, -0.05) is 17.3 Å². The largest absolute Gasteiger partial charge is 0.356 e. The third-order valence-electron chi connectivity index (χ3n) is 4.60. The first-order valence-corrected chi connectivity index (χ1v) is 9.70. The van der Waals surface area contributed by atoms with Crippen LogP contribution in [0.25, 0.3) is 11.0 Å². The number of amides is 1. The number of carbonyl (C=O) groups is 1. The number of nitrogens with zero attached hydrogens (tertiary/aromatic N) is 2. The summed E-state index contributed by atoms with van der Waals surface area (Å²) in [7, 11) is -3.00. The van der Waals surface area contributed by atoms with E-state index < -0.39 is 9.84 Å². The van der Waals surface area contributed by atoms with E-state index in [1.165, 1.54) is 0 Å². The molecular weight excluding hydrogens is 316 g/mol. The highest BCUT2D eigenvalue weighted by Gasteiger charge is 2.42. The lowest BCUT2D eigenvalue weighted by Crippen LogP contribution is -2.43. The number of hydrogen-bond donors (Lipinski definition) is 0. The predicted octanol–water partition coefficient (Wildman–Crippen LogP) is 1.55. The molecule has 0 radical (unpaired) electrons. The van der Waals surface area contributed by atoms with Crippen LogP contribution < -0.4 is 0 Å². The zero-order chi connectivity index (χ0) is 16.0. The summed E-state index contributed by atoms with van der Waals surface area (Å²) in [5, 5.41) is 4.86. The van der Waals surface area contributed by atoms with Gasteiger partial charge in [-0.15, -0.1) is 0 Å². The van der Waals surface area contributed by atoms with Crippen molar-refractivity contribution in [3.63, 3.8) is 0 Å². The van der Waals surface area contributed by atoms with E-state index >= 15 is 0 Å². The highest BCUT2D eigenvalue weighted by Crippen LogP contribution is 2.33. The Hall–Kier alpha value is -1.89. The standard InChI is InChI=1S/C16H18N2O4S/c19-16(9-14-13-3-1-2-4-15(13)22-17-14)18(11-5-6-11)12-7-8-23(20,21)10-12/h1-4,11-12H,5-10H2. The maximum Gasteiger partial charge on any atom is 0.229 e. The minimum Gasteiger partial charge on any atom is -0.356 e. The molecule has 1 aromatic heterocycles. The van der Waals surface area contributed by atoms with Crippen molar-refractivity contribution in [2.24, 2.45) is 0 Å². The highest BCUT2D eigenvalue weighted by atomic mass is 32.2. The quantitative estimate of drug-likeness (QED) is 0.847. The average Bonchev–Trinajstić information content (AvgIpc) is 3.16. The Morgan fingerprint density at radius 1 is 1.22 bits per heavy atom. The number of hydrogen-bond acceptors (Lipinski definition) is 5. The first-order chi connectivity index (χ1) is 11.0. The smallest absolute Gasteiger partial charge is 0.229 e. The van der Waals surface area contributed by atoms with Crippen LogP contribution in [0.15, 0.2) is 28.8 Å². The molecule has 1 aliphatic heterocycles. The van der Waals surface area contributed by atoms with Crippen LogP contribution >= 0.6 is 0 Å². The molecule has 1 aromatic carbocycles. The van der Waals surface area contributed by atoms with Crippen molar-refractivity contribution in [1.82, 2.24) is 10.1 Å². The summed E-state index contributed by atoms with van der Waals surface area (Å²) in [6, 6.07) is 7.46. The van der Waals surface area contributed by atoms with Gasteiger partial charge in [0.1, 0.15) is 5.69 Å². The molecule has 1 atom stereocenters. The number of benzene rings is 1. The molecule has 1 saturated carbocycles. The van der Waals surface area contributed by atoms with E-state index in [4.69, 9.17) is 4.52 Å². The molecule has 7 heteroatoms. The lowest BCUT2D eigenvalue weighted by Gasteiger charge is -2.28. The molecule has 0 N–H and O–H groups in total. The van der Waals surface area contributed by atoms with Crippen LogP contribution in [0.2, 0.25) is 0 Å². The average molecular weight is 334 g/mol. The van der Waals surface area contributed by atoms with Crippen molar-refractivity contribution in [1.29, 1.82) is 0 Å². The van der Waals surface area contributed by atoms with E-state index in [0.29, 0.717) is 17.7 Å². The number of rotatable bonds is 4. The van der Waals surface area contributed by atoms with Gasteiger partial charge in [-0.3, -0.25) is 4.79 Å². The molecule has 4 rings (SSSR count). The van der Waals surface area contributed by atoms with Gasteiger partial charge in [-0.25, -0.2) is 8.42 Å². The van der Waals surface area contributed by atoms with Crippen molar-refractivity contribution in [3.8, 4) is 0 Å². The van der Waals surface area contributed by atoms with Gasteiger partial charge in [0.2, 0.25) is 5.91 Å². The van der Waals surface area contributed by atoms with Crippen molar-refractivity contribution in [3.05, 3.63) is 30.0 Å². The summed E-state index contributed by atoms with van der Waals surface area (Å²) in [6.07, 6.45) is 2.62. The fourth-order valence-corrected chi connectivity index (χ4v) is 5.06. The summed E-state index contributed by atoms with van der Waals surface area (Å²) >= 11 is 0. The minimum atomic E-state index is -3.00. The highest BCUT2D eigenvalue weighted by molar-refractivity contribution is 7.91. The number of carbonyl (C=O) groups excluding carboxylic acids is 1. The second-order valence-electron chi connectivity index (χ2n) is 6.39. The second kappa shape index (κ2) is 5.33. The monoisotopic (exact) mass is 334 g/mol. The molecule has 2 heterocycles. The normalized spacial score (nSPS) is 23.2. The summed E-state index contributed by atoms with van der Waals surface area (Å²) in [5.74, 6) is 0.226. The Morgan fingerprint density at radius 3 is 2.70 bits per heavy atom. The molecular formula is C16H18N2O4S. The van der Waals surface area contributed by atoms with Crippen molar-refractivity contribution in [2.75, 3.05) is 11.5 Å². The number of aromatic nitrogens is 1. The van der Waals surface area contributed by atoms with Crippen LogP contribution in [-0.4, -0.2) is 48.0 Å². The lowest BCUT2D eigenvalue weighted by atomic mass is 10.1. The van der Waals surface area contributed by atoms with Crippen LogP contribution in [0.5, 0.6) is 0 Å². The molecule has 1 unspecified atom stereocenters. The first-order valence-electron chi connectivity index (χ1n) is 7.88. The lowest BCUT2D eigenvalue weighted by molar-refractivity contribution is -0.133. The van der Waals surface area contributed by atoms with Gasteiger partial charge in [-0.2, -0.15) is 0 Å². The molecule has 122 valence electrons. The predicted molar refractivity (Wildman–Crippen MR) is 84.6 cm³/mol. The van der Waals surface area contributed by atoms with E-state index in [-0.39, 0.29) is 35.9 Å². The van der Waals surface area contributed by atoms with Gasteiger partial charge in [0.05, 0.1) is 17.9 Å². The van der Waals surface area contributed by atoms with Gasteiger partial charge >= 0.3 is 0 Å². The molecule has 0 spiro atoms. The van der Waals surface area contributed by atoms with Crippen LogP contribution in [0.4, 0.5) is 0 Å². The van der Waals surface area contributed by atoms with Crippen LogP contribution in [0.1, 0.15) is 25.0 Å². The summed E-state index contributed by atoms with van der Waals surface area (Å²) in [4.78, 5) is 14.6. The second-order valence-corrected chi connectivity index (χ2v) is 8.62. The molecule has 2 aromatic rings. The topological polar surface area (TPSA) is 80.5 Å². The van der Waals surface area contributed by atoms with Crippen LogP contribution in [0.3, 0.4) is 0 Å². The summed E-state index contributed by atoms with van der Waals surface area (Å²) in [5.41, 5.74) is 1.29. The fourth-order valence-electron chi connectivity index (χ4n) is 3.35. The van der Waals surface area contributed by atoms with Gasteiger partial charge in [0, 0.05) is 17.5 Å². The fraction of sp³-hybridized carbons (Fsp3) is 0.500. The maximum absolute atomic E-state index is 12.8. The molecule has 2 fully saturated rings. The Balaban J connectivity index is 1.56. The maximum atomic E-state index is 12.8. The summed E-state index contributed by atoms with van der Waals surface area (Å²) in [6.45, 7) is 0. The van der Waals surface area contributed by atoms with Gasteiger partial charge < -0.3 is 9.42 Å². The molecule has 23 heavy (non-hydrogen) atoms. The Morgan fingerprint density at radius 2 is 2.00 bits per heavy atom. The zero-order valence-electron chi connectivity index (χ0n) is 12.6. The molecule has 2 aliphatic rings. The van der Waals surface area contributed by atoms with E-state index in [2.05, 4.69) is 5.16 Å². The van der Waals surface area contributed by atoms with Crippen LogP contribution in [0, 0.1) is 0 Å². The molecule has 1 saturated heterocycles. The Kier molecular flexibility index (Phi) is 3.41. The van der Waals surface area contributed by atoms with Crippen molar-refractivity contribution < 1.29 is 17.7 Å². The van der Waals surface area contributed by atoms with Crippen molar-refractivity contribution in [2.45, 2.75) is 37.8 Å². The molecule has 6 nitrogen and oxygen atoms in total. The molecule has 0 bridgehead atoms. The third-order valence-corrected chi connectivity index (χ3v) is 6.35. The zero-order valence-corrected chi connectivity index (χ0v) is 13.5. The van der Waals surface area contributed by atoms with E-state index in [9.17, 15) is 13.2 Å². The number of sulfone groups is 1. The van der Waals surface area contributed by atoms with Crippen molar-refractivity contribution >= 4 is 26.7 Å². The summed E-state index contributed by atoms with van der Waals surface area (Å²) < 4.78 is 28.7. The van der Waals surface area contributed by atoms with Gasteiger partial charge in [-0.05, 0) is 31.4 Å². The third kappa shape index (κ3) is 2.85. The number of fused-ring (bicyclic) bond motifs is 1. The SMILES string of the molecule is O=C(Cc1noc2ccccc12)N(C1CC1)C1CCS(=O)(=O)C1. The van der Waals surface area contributed by atoms with E-state index in [1.807, 2.05) is 24.3 Å². The Labute approximate surface area is 134 Å². The number of para-hydroxylation sites is 1. The Bertz CT molecular complexity index is 854. The van der Waals surface area contributed by atoms with E-state index in [1.54, 1.807) is 4.90 Å². The van der Waals surface area contributed by atoms with Crippen LogP contribution in [-0.2, 0) is 21.1 Å². The minimum absolute atomic E-state index is 0.0475. The molecule has 1 aliphatic carbocycles. The molecule has 1 amide bonds.